The Kier molecular flexibility index (Phi) is 6.60. The quantitative estimate of drug-likeness (QED) is 0.540. The fraction of sp³-hybridized carbons (Fsp3) is 0.440. The van der Waals surface area contributed by atoms with Gasteiger partial charge in [-0.05, 0) is 50.9 Å². The topological polar surface area (TPSA) is 84.0 Å². The van der Waals surface area contributed by atoms with Crippen molar-refractivity contribution >= 4 is 35.9 Å². The second kappa shape index (κ2) is 9.31. The second-order valence-corrected chi connectivity index (χ2v) is 9.82. The van der Waals surface area contributed by atoms with Crippen LogP contribution in [0.5, 0.6) is 0 Å². The second-order valence-electron chi connectivity index (χ2n) is 9.82. The van der Waals surface area contributed by atoms with E-state index in [1.807, 2.05) is 58.0 Å². The number of amides is 2. The molecule has 1 aromatic heterocycles. The van der Waals surface area contributed by atoms with Gasteiger partial charge in [0.05, 0.1) is 29.5 Å². The van der Waals surface area contributed by atoms with Crippen LogP contribution in [0.2, 0.25) is 0 Å². The van der Waals surface area contributed by atoms with Crippen LogP contribution in [0.1, 0.15) is 33.3 Å². The van der Waals surface area contributed by atoms with Crippen molar-refractivity contribution in [2.24, 2.45) is 0 Å². The van der Waals surface area contributed by atoms with Crippen molar-refractivity contribution < 1.29 is 18.9 Å². The molecule has 0 radical (unpaired) electrons. The molecule has 2 aromatic rings. The first kappa shape index (κ1) is 24.1. The van der Waals surface area contributed by atoms with E-state index in [-0.39, 0.29) is 29.4 Å². The van der Waals surface area contributed by atoms with Crippen molar-refractivity contribution in [3.05, 3.63) is 55.1 Å². The van der Waals surface area contributed by atoms with Crippen LogP contribution in [0.15, 0.2) is 42.6 Å². The van der Waals surface area contributed by atoms with Crippen LogP contribution in [0, 0.1) is 6.92 Å². The van der Waals surface area contributed by atoms with E-state index in [2.05, 4.69) is 22.1 Å². The minimum Gasteiger partial charge on any atom is -0.399 e. The Labute approximate surface area is 201 Å². The molecule has 34 heavy (non-hydrogen) atoms. The van der Waals surface area contributed by atoms with Gasteiger partial charge in [-0.25, -0.2) is 9.78 Å². The predicted octanol–water partition coefficient (Wildman–Crippen LogP) is 2.04. The van der Waals surface area contributed by atoms with Crippen molar-refractivity contribution in [2.45, 2.75) is 45.3 Å². The normalized spacial score (nSPS) is 19.2. The van der Waals surface area contributed by atoms with Gasteiger partial charge in [-0.1, -0.05) is 24.3 Å². The zero-order chi connectivity index (χ0) is 24.5. The molecule has 0 saturated carbocycles. The maximum absolute atomic E-state index is 12.5. The van der Waals surface area contributed by atoms with Crippen molar-refractivity contribution in [2.75, 3.05) is 36.4 Å². The van der Waals surface area contributed by atoms with Gasteiger partial charge in [-0.3, -0.25) is 9.69 Å². The standard InChI is InChI=1S/C25H31BN4O4/c1-18(31)29-12-14-30(15-13-29)21-10-11-22(27-17-21)28-23(32)16-19-6-8-20(9-7-19)26-33-24(2,3)25(4,5)34-26/h6-11,17H,1,12-16H2,2-5H3/p+1. The van der Waals surface area contributed by atoms with E-state index in [0.29, 0.717) is 18.9 Å². The molecule has 0 bridgehead atoms. The number of nitrogens with zero attached hydrogens (tertiary/aromatic N) is 3. The lowest BCUT2D eigenvalue weighted by atomic mass is 9.79. The molecule has 8 nitrogen and oxygen atoms in total. The summed E-state index contributed by atoms with van der Waals surface area (Å²) >= 11 is 0. The number of aromatic nitrogens is 1. The van der Waals surface area contributed by atoms with Crippen LogP contribution in [0.25, 0.3) is 0 Å². The Morgan fingerprint density at radius 2 is 1.62 bits per heavy atom. The molecule has 9 heteroatoms. The van der Waals surface area contributed by atoms with E-state index in [1.54, 1.807) is 17.2 Å². The van der Waals surface area contributed by atoms with Gasteiger partial charge >= 0.3 is 13.0 Å². The largest absolute Gasteiger partial charge is 0.494 e. The molecule has 0 aliphatic carbocycles. The van der Waals surface area contributed by atoms with E-state index in [9.17, 15) is 9.59 Å². The zero-order valence-electron chi connectivity index (χ0n) is 20.3. The summed E-state index contributed by atoms with van der Waals surface area (Å²) in [5.74, 6) is 0.235. The predicted molar refractivity (Wildman–Crippen MR) is 133 cm³/mol. The molecule has 1 N–H and O–H groups in total. The van der Waals surface area contributed by atoms with E-state index in [0.717, 1.165) is 29.8 Å². The summed E-state index contributed by atoms with van der Waals surface area (Å²) in [6.45, 7) is 14.3. The fourth-order valence-electron chi connectivity index (χ4n) is 4.01. The summed E-state index contributed by atoms with van der Waals surface area (Å²) in [7, 11) is -0.419. The summed E-state index contributed by atoms with van der Waals surface area (Å²) in [4.78, 5) is 32.2. The first-order valence-electron chi connectivity index (χ1n) is 11.6. The molecule has 2 saturated heterocycles. The molecule has 2 fully saturated rings. The fourth-order valence-corrected chi connectivity index (χ4v) is 4.01. The van der Waals surface area contributed by atoms with Gasteiger partial charge in [0.2, 0.25) is 5.91 Å². The molecule has 0 atom stereocenters. The number of benzene rings is 1. The van der Waals surface area contributed by atoms with Gasteiger partial charge in [-0.2, -0.15) is 0 Å². The number of hydrogen-bond donors (Lipinski definition) is 1. The summed E-state index contributed by atoms with van der Waals surface area (Å²) in [5.41, 5.74) is 2.01. The first-order valence-corrected chi connectivity index (χ1v) is 11.6. The lowest BCUT2D eigenvalue weighted by Gasteiger charge is -2.33. The van der Waals surface area contributed by atoms with Crippen molar-refractivity contribution in [3.63, 3.8) is 0 Å². The van der Waals surface area contributed by atoms with Gasteiger partial charge < -0.3 is 19.5 Å². The summed E-state index contributed by atoms with van der Waals surface area (Å²) in [6.07, 6.45) is 1.99. The Bertz CT molecular complexity index is 1020. The van der Waals surface area contributed by atoms with Gasteiger partial charge in [0.15, 0.2) is 6.92 Å². The van der Waals surface area contributed by atoms with Gasteiger partial charge in [-0.15, -0.1) is 0 Å². The van der Waals surface area contributed by atoms with Gasteiger partial charge in [0, 0.05) is 26.2 Å². The average Bonchev–Trinajstić information content (AvgIpc) is 3.01. The molecule has 2 aliphatic heterocycles. The van der Waals surface area contributed by atoms with Crippen molar-refractivity contribution in [3.8, 4) is 0 Å². The molecule has 3 heterocycles. The Hall–Kier alpha value is -3.04. The highest BCUT2D eigenvalue weighted by atomic mass is 16.7. The highest BCUT2D eigenvalue weighted by Gasteiger charge is 2.51. The number of pyridine rings is 1. The number of nitrogens with one attached hydrogen (secondary N) is 1. The Morgan fingerprint density at radius 3 is 2.15 bits per heavy atom. The van der Waals surface area contributed by atoms with Crippen LogP contribution in [0.4, 0.5) is 11.5 Å². The van der Waals surface area contributed by atoms with Crippen LogP contribution in [-0.4, -0.2) is 66.2 Å². The number of rotatable bonds is 5. The molecule has 0 spiro atoms. The smallest absolute Gasteiger partial charge is 0.399 e. The van der Waals surface area contributed by atoms with Gasteiger partial charge in [0.25, 0.3) is 0 Å². The van der Waals surface area contributed by atoms with Crippen LogP contribution in [-0.2, 0) is 25.3 Å². The SMILES string of the molecule is [CH2+]C(=O)N1CCN(c2ccc(NC(=O)Cc3ccc(B4OC(C)(C)C(C)(C)O4)cc3)nc2)CC1. The number of hydrogen-bond acceptors (Lipinski definition) is 6. The highest BCUT2D eigenvalue weighted by molar-refractivity contribution is 6.62. The number of carbonyl (C=O) groups is 2. The molecular formula is C25H32BN4O4+. The molecule has 0 unspecified atom stereocenters. The van der Waals surface area contributed by atoms with Crippen LogP contribution in [0.3, 0.4) is 0 Å². The lowest BCUT2D eigenvalue weighted by Crippen LogP contribution is -2.48. The Balaban J connectivity index is 1.29. The van der Waals surface area contributed by atoms with E-state index < -0.39 is 7.12 Å². The maximum atomic E-state index is 12.5. The third kappa shape index (κ3) is 5.21. The number of piperazine rings is 1. The first-order chi connectivity index (χ1) is 16.0. The number of anilines is 2. The maximum Gasteiger partial charge on any atom is 0.494 e. The highest BCUT2D eigenvalue weighted by Crippen LogP contribution is 2.36. The molecule has 1 aromatic carbocycles. The van der Waals surface area contributed by atoms with E-state index in [4.69, 9.17) is 9.31 Å². The zero-order valence-corrected chi connectivity index (χ0v) is 20.3. The summed E-state index contributed by atoms with van der Waals surface area (Å²) in [5, 5.41) is 2.85. The van der Waals surface area contributed by atoms with Crippen LogP contribution >= 0.6 is 0 Å². The summed E-state index contributed by atoms with van der Waals surface area (Å²) in [6, 6.07) is 11.5. The minimum absolute atomic E-state index is 0.133. The monoisotopic (exact) mass is 463 g/mol. The molecule has 4 rings (SSSR count). The lowest BCUT2D eigenvalue weighted by molar-refractivity contribution is -0.126. The molecular weight excluding hydrogens is 431 g/mol. The minimum atomic E-state index is -0.419. The van der Waals surface area contributed by atoms with E-state index >= 15 is 0 Å². The Morgan fingerprint density at radius 1 is 1.00 bits per heavy atom. The number of carbonyl (C=O) groups excluding carboxylic acids is 2. The molecule has 2 aliphatic rings. The third-order valence-corrected chi connectivity index (χ3v) is 6.88. The molecule has 178 valence electrons. The molecule has 2 amide bonds. The third-order valence-electron chi connectivity index (χ3n) is 6.88. The van der Waals surface area contributed by atoms with Gasteiger partial charge in [0.1, 0.15) is 5.82 Å². The summed E-state index contributed by atoms with van der Waals surface area (Å²) < 4.78 is 12.2. The van der Waals surface area contributed by atoms with Crippen molar-refractivity contribution in [1.29, 1.82) is 0 Å². The average molecular weight is 463 g/mol. The van der Waals surface area contributed by atoms with Crippen molar-refractivity contribution in [1.82, 2.24) is 9.88 Å². The van der Waals surface area contributed by atoms with Crippen LogP contribution < -0.4 is 15.7 Å². The van der Waals surface area contributed by atoms with E-state index in [1.165, 1.54) is 0 Å².